The Bertz CT molecular complexity index is 477. The molecule has 0 spiro atoms. The average Bonchev–Trinajstić information content (AvgIpc) is 2.30. The van der Waals surface area contributed by atoms with Gasteiger partial charge >= 0.3 is 5.97 Å². The highest BCUT2D eigenvalue weighted by Gasteiger charge is 2.13. The van der Waals surface area contributed by atoms with E-state index in [0.29, 0.717) is 27.4 Å². The Morgan fingerprint density at radius 3 is 2.81 bits per heavy atom. The van der Waals surface area contributed by atoms with Gasteiger partial charge in [0.1, 0.15) is 6.29 Å². The summed E-state index contributed by atoms with van der Waals surface area (Å²) < 4.78 is 5.13. The quantitative estimate of drug-likeness (QED) is 0.626. The fraction of sp³-hybridized carbons (Fsp3) is 0.182. The number of benzene rings is 1. The molecule has 0 unspecified atom stereocenters. The smallest absolute Gasteiger partial charge is 0.310 e. The zero-order valence-corrected chi connectivity index (χ0v) is 10.1. The Morgan fingerprint density at radius 2 is 2.31 bits per heavy atom. The Kier molecular flexibility index (Phi) is 4.20. The Hall–Kier alpha value is -1.67. The van der Waals surface area contributed by atoms with Crippen LogP contribution in [0.1, 0.15) is 21.5 Å². The van der Waals surface area contributed by atoms with Gasteiger partial charge in [-0.15, -0.1) is 0 Å². The molecule has 0 bridgehead atoms. The van der Waals surface area contributed by atoms with Gasteiger partial charge in [-0.25, -0.2) is 0 Å². The van der Waals surface area contributed by atoms with Gasteiger partial charge in [0.25, 0.3) is 0 Å². The number of ether oxygens (including phenoxy) is 1. The maximum Gasteiger partial charge on any atom is 0.310 e. The highest BCUT2D eigenvalue weighted by atomic mass is 79.9. The molecular weight excluding hydrogens is 274 g/mol. The van der Waals surface area contributed by atoms with Gasteiger partial charge in [-0.1, -0.05) is 15.9 Å². The highest BCUT2D eigenvalue weighted by molar-refractivity contribution is 9.10. The summed E-state index contributed by atoms with van der Waals surface area (Å²) in [5.74, 6) is -0.484. The molecule has 82 valence electrons. The number of nitrogens with zero attached hydrogens (tertiary/aromatic N) is 1. The normalized spacial score (nSPS) is 9.31. The van der Waals surface area contributed by atoms with Crippen LogP contribution in [0.3, 0.4) is 0 Å². The molecule has 0 radical (unpaired) electrons. The Morgan fingerprint density at radius 1 is 1.62 bits per heavy atom. The maximum atomic E-state index is 11.1. The highest BCUT2D eigenvalue weighted by Crippen LogP contribution is 2.21. The van der Waals surface area contributed by atoms with E-state index >= 15 is 0 Å². The van der Waals surface area contributed by atoms with Crippen molar-refractivity contribution < 1.29 is 14.3 Å². The van der Waals surface area contributed by atoms with Crippen LogP contribution in [0.25, 0.3) is 0 Å². The van der Waals surface area contributed by atoms with E-state index in [4.69, 9.17) is 5.26 Å². The third-order valence-electron chi connectivity index (χ3n) is 2.05. The number of methoxy groups -OCH3 is 1. The van der Waals surface area contributed by atoms with Crippen molar-refractivity contribution in [3.8, 4) is 6.07 Å². The standard InChI is InChI=1S/C11H8BrNO3/c1-16-11(15)4-10-7(5-13)2-9(12)3-8(10)6-14/h2-3,6H,4H2,1H3. The van der Waals surface area contributed by atoms with Crippen molar-refractivity contribution in [3.63, 3.8) is 0 Å². The zero-order chi connectivity index (χ0) is 12.1. The van der Waals surface area contributed by atoms with Crippen molar-refractivity contribution in [1.29, 1.82) is 5.26 Å². The average molecular weight is 282 g/mol. The summed E-state index contributed by atoms with van der Waals surface area (Å²) in [6, 6.07) is 5.07. The molecule has 0 saturated carbocycles. The van der Waals surface area contributed by atoms with Gasteiger partial charge in [0.15, 0.2) is 0 Å². The first kappa shape index (κ1) is 12.4. The van der Waals surface area contributed by atoms with Crippen LogP contribution in [-0.2, 0) is 16.0 Å². The summed E-state index contributed by atoms with van der Waals surface area (Å²) in [5.41, 5.74) is 1.01. The number of hydrogen-bond acceptors (Lipinski definition) is 4. The lowest BCUT2D eigenvalue weighted by Gasteiger charge is -2.06. The molecule has 16 heavy (non-hydrogen) atoms. The molecule has 1 rings (SSSR count). The second-order valence-corrected chi connectivity index (χ2v) is 3.92. The van der Waals surface area contributed by atoms with Gasteiger partial charge in [0.05, 0.1) is 25.2 Å². The summed E-state index contributed by atoms with van der Waals surface area (Å²) in [7, 11) is 1.26. The van der Waals surface area contributed by atoms with Crippen LogP contribution in [0.4, 0.5) is 0 Å². The molecule has 0 saturated heterocycles. The second-order valence-electron chi connectivity index (χ2n) is 3.00. The van der Waals surface area contributed by atoms with E-state index in [1.165, 1.54) is 7.11 Å². The van der Waals surface area contributed by atoms with Crippen LogP contribution in [0, 0.1) is 11.3 Å². The number of halogens is 1. The van der Waals surface area contributed by atoms with Crippen LogP contribution in [0.15, 0.2) is 16.6 Å². The molecule has 0 aliphatic rings. The summed E-state index contributed by atoms with van der Waals surface area (Å²) in [4.78, 5) is 22.0. The first-order chi connectivity index (χ1) is 7.62. The fourth-order valence-corrected chi connectivity index (χ4v) is 1.75. The van der Waals surface area contributed by atoms with Gasteiger partial charge in [-0.05, 0) is 17.7 Å². The number of hydrogen-bond donors (Lipinski definition) is 0. The topological polar surface area (TPSA) is 67.2 Å². The molecule has 0 heterocycles. The van der Waals surface area contributed by atoms with E-state index in [1.54, 1.807) is 12.1 Å². The number of aldehydes is 1. The lowest BCUT2D eigenvalue weighted by molar-refractivity contribution is -0.139. The monoisotopic (exact) mass is 281 g/mol. The number of carbonyl (C=O) groups is 2. The van der Waals surface area contributed by atoms with Gasteiger partial charge in [0, 0.05) is 10.0 Å². The Balaban J connectivity index is 3.29. The van der Waals surface area contributed by atoms with Crippen LogP contribution >= 0.6 is 15.9 Å². The summed E-state index contributed by atoms with van der Waals surface area (Å²) in [5, 5.41) is 8.91. The molecule has 0 amide bonds. The summed E-state index contributed by atoms with van der Waals surface area (Å²) in [6.45, 7) is 0. The molecule has 0 N–H and O–H groups in total. The molecule has 4 nitrogen and oxygen atoms in total. The van der Waals surface area contributed by atoms with Crippen LogP contribution < -0.4 is 0 Å². The van der Waals surface area contributed by atoms with E-state index in [-0.39, 0.29) is 6.42 Å². The van der Waals surface area contributed by atoms with Crippen LogP contribution in [0.2, 0.25) is 0 Å². The number of esters is 1. The van der Waals surface area contributed by atoms with Gasteiger partial charge in [0.2, 0.25) is 0 Å². The molecule has 5 heteroatoms. The molecule has 0 aliphatic carbocycles. The number of rotatable bonds is 3. The first-order valence-electron chi connectivity index (χ1n) is 4.37. The van der Waals surface area contributed by atoms with Crippen molar-refractivity contribution in [3.05, 3.63) is 33.3 Å². The minimum atomic E-state index is -0.484. The lowest BCUT2D eigenvalue weighted by atomic mass is 10.00. The molecule has 1 aromatic rings. The minimum Gasteiger partial charge on any atom is -0.469 e. The molecule has 0 atom stereocenters. The molecule has 0 aromatic heterocycles. The summed E-state index contributed by atoms with van der Waals surface area (Å²) in [6.07, 6.45) is 0.532. The van der Waals surface area contributed by atoms with Crippen molar-refractivity contribution in [1.82, 2.24) is 0 Å². The number of carbonyl (C=O) groups excluding carboxylic acids is 2. The fourth-order valence-electron chi connectivity index (χ4n) is 1.28. The third kappa shape index (κ3) is 2.67. The largest absolute Gasteiger partial charge is 0.469 e. The predicted molar refractivity (Wildman–Crippen MR) is 60.0 cm³/mol. The van der Waals surface area contributed by atoms with Crippen molar-refractivity contribution in [2.45, 2.75) is 6.42 Å². The number of nitriles is 1. The van der Waals surface area contributed by atoms with E-state index in [9.17, 15) is 9.59 Å². The summed E-state index contributed by atoms with van der Waals surface area (Å²) >= 11 is 3.19. The predicted octanol–water partition coefficient (Wildman–Crippen LogP) is 1.85. The molecule has 0 aliphatic heterocycles. The third-order valence-corrected chi connectivity index (χ3v) is 2.50. The lowest BCUT2D eigenvalue weighted by Crippen LogP contribution is -2.08. The maximum absolute atomic E-state index is 11.1. The van der Waals surface area contributed by atoms with Gasteiger partial charge in [-0.2, -0.15) is 5.26 Å². The zero-order valence-electron chi connectivity index (χ0n) is 8.49. The van der Waals surface area contributed by atoms with Gasteiger partial charge < -0.3 is 4.74 Å². The molecular formula is C11H8BrNO3. The van der Waals surface area contributed by atoms with Crippen molar-refractivity contribution in [2.75, 3.05) is 7.11 Å². The second kappa shape index (κ2) is 5.42. The minimum absolute atomic E-state index is 0.0826. The van der Waals surface area contributed by atoms with Crippen molar-refractivity contribution in [2.24, 2.45) is 0 Å². The van der Waals surface area contributed by atoms with E-state index < -0.39 is 5.97 Å². The van der Waals surface area contributed by atoms with Crippen LogP contribution in [-0.4, -0.2) is 19.4 Å². The van der Waals surface area contributed by atoms with Crippen LogP contribution in [0.5, 0.6) is 0 Å². The van der Waals surface area contributed by atoms with E-state index in [0.717, 1.165) is 0 Å². The first-order valence-corrected chi connectivity index (χ1v) is 5.16. The van der Waals surface area contributed by atoms with Crippen molar-refractivity contribution >= 4 is 28.2 Å². The van der Waals surface area contributed by atoms with E-state index in [1.807, 2.05) is 6.07 Å². The van der Waals surface area contributed by atoms with E-state index in [2.05, 4.69) is 20.7 Å². The Labute approximate surface area is 101 Å². The molecule has 0 fully saturated rings. The molecule has 1 aromatic carbocycles. The van der Waals surface area contributed by atoms with Gasteiger partial charge in [-0.3, -0.25) is 9.59 Å². The SMILES string of the molecule is COC(=O)Cc1c(C#N)cc(Br)cc1C=O.